The second-order valence-electron chi connectivity index (χ2n) is 5.81. The number of nitrogens with zero attached hydrogens (tertiary/aromatic N) is 1. The van der Waals surface area contributed by atoms with Gasteiger partial charge in [-0.3, -0.25) is 0 Å². The van der Waals surface area contributed by atoms with Crippen LogP contribution in [0, 0.1) is 0 Å². The quantitative estimate of drug-likeness (QED) is 0.437. The molecule has 0 saturated heterocycles. The molecule has 0 N–H and O–H groups in total. The molecule has 0 amide bonds. The monoisotopic (exact) mass is 305 g/mol. The zero-order chi connectivity index (χ0) is 16.4. The molecule has 0 spiro atoms. The summed E-state index contributed by atoms with van der Waals surface area (Å²) < 4.78 is 0. The minimum Gasteiger partial charge on any atom is -0.398 e. The Hall–Kier alpha value is -3.00. The van der Waals surface area contributed by atoms with Crippen LogP contribution < -0.4 is 4.81 Å². The van der Waals surface area contributed by atoms with Gasteiger partial charge in [0.2, 0.25) is 7.98 Å². The van der Waals surface area contributed by atoms with Crippen molar-refractivity contribution in [2.75, 3.05) is 4.81 Å². The van der Waals surface area contributed by atoms with E-state index in [-0.39, 0.29) is 0 Å². The molecule has 0 aliphatic carbocycles. The minimum atomic E-state index is 0.963. The number of hydrogen-bond acceptors (Lipinski definition) is 1. The molecule has 0 unspecified atom stereocenters. The number of rotatable bonds is 3. The summed E-state index contributed by atoms with van der Waals surface area (Å²) in [7, 11) is 6.33. The van der Waals surface area contributed by atoms with Crippen molar-refractivity contribution in [3.05, 3.63) is 97.1 Å². The van der Waals surface area contributed by atoms with Crippen molar-refractivity contribution in [3.8, 4) is 11.1 Å². The summed E-state index contributed by atoms with van der Waals surface area (Å²) >= 11 is 0. The van der Waals surface area contributed by atoms with Gasteiger partial charge in [-0.15, -0.1) is 0 Å². The van der Waals surface area contributed by atoms with Gasteiger partial charge in [0, 0.05) is 11.4 Å². The van der Waals surface area contributed by atoms with Crippen molar-refractivity contribution < 1.29 is 0 Å². The zero-order valence-electron chi connectivity index (χ0n) is 13.3. The lowest BCUT2D eigenvalue weighted by Crippen LogP contribution is -2.11. The molecule has 0 atom stereocenters. The van der Waals surface area contributed by atoms with E-state index in [1.54, 1.807) is 4.81 Å². The molecule has 0 bridgehead atoms. The van der Waals surface area contributed by atoms with E-state index in [2.05, 4.69) is 60.7 Å². The Labute approximate surface area is 143 Å². The van der Waals surface area contributed by atoms with Crippen LogP contribution in [0.4, 0.5) is 11.4 Å². The average Bonchev–Trinajstić information content (AvgIpc) is 2.68. The molecule has 2 radical (unpaired) electrons. The lowest BCUT2D eigenvalue weighted by Gasteiger charge is -2.21. The highest BCUT2D eigenvalue weighted by Gasteiger charge is 2.05. The van der Waals surface area contributed by atoms with E-state index in [1.807, 2.05) is 36.4 Å². The highest BCUT2D eigenvalue weighted by molar-refractivity contribution is 6.22. The number of hydrogen-bond donors (Lipinski definition) is 0. The lowest BCUT2D eigenvalue weighted by atomic mass is 10.0. The maximum Gasteiger partial charge on any atom is 0.234 e. The van der Waals surface area contributed by atoms with Gasteiger partial charge in [-0.2, -0.15) is 0 Å². The van der Waals surface area contributed by atoms with Gasteiger partial charge in [-0.25, -0.2) is 0 Å². The van der Waals surface area contributed by atoms with Crippen LogP contribution in [0.5, 0.6) is 0 Å². The zero-order valence-corrected chi connectivity index (χ0v) is 13.3. The second kappa shape index (κ2) is 6.25. The van der Waals surface area contributed by atoms with E-state index in [9.17, 15) is 0 Å². The molecule has 0 fully saturated rings. The van der Waals surface area contributed by atoms with Crippen molar-refractivity contribution >= 4 is 30.1 Å². The molecule has 2 heteroatoms. The van der Waals surface area contributed by atoms with Gasteiger partial charge in [-0.1, -0.05) is 72.8 Å². The fraction of sp³-hybridized carbons (Fsp3) is 0. The first-order valence-electron chi connectivity index (χ1n) is 8.00. The number of fused-ring (bicyclic) bond motifs is 1. The van der Waals surface area contributed by atoms with Gasteiger partial charge >= 0.3 is 0 Å². The number of anilines is 2. The van der Waals surface area contributed by atoms with Gasteiger partial charge in [0.15, 0.2) is 0 Å². The molecule has 112 valence electrons. The molecule has 4 aromatic carbocycles. The van der Waals surface area contributed by atoms with Crippen molar-refractivity contribution in [2.45, 2.75) is 0 Å². The predicted octanol–water partition coefficient (Wildman–Crippen LogP) is 5.73. The molecular weight excluding hydrogens is 289 g/mol. The Morgan fingerprint density at radius 3 is 1.83 bits per heavy atom. The molecule has 0 aliphatic heterocycles. The fourth-order valence-electron chi connectivity index (χ4n) is 2.92. The van der Waals surface area contributed by atoms with Gasteiger partial charge in [-0.05, 0) is 46.2 Å². The number of benzene rings is 4. The normalized spacial score (nSPS) is 10.7. The molecule has 0 saturated carbocycles. The Bertz CT molecular complexity index is 962. The molecule has 0 heterocycles. The van der Waals surface area contributed by atoms with Crippen LogP contribution in [-0.4, -0.2) is 7.98 Å². The van der Waals surface area contributed by atoms with Crippen molar-refractivity contribution in [2.24, 2.45) is 0 Å². The summed E-state index contributed by atoms with van der Waals surface area (Å²) in [6.07, 6.45) is 0. The lowest BCUT2D eigenvalue weighted by molar-refractivity contribution is 1.42. The van der Waals surface area contributed by atoms with Crippen LogP contribution in [0.3, 0.4) is 0 Å². The van der Waals surface area contributed by atoms with Gasteiger partial charge in [0.05, 0.1) is 0 Å². The minimum absolute atomic E-state index is 0.963. The molecule has 24 heavy (non-hydrogen) atoms. The van der Waals surface area contributed by atoms with Crippen molar-refractivity contribution in [1.82, 2.24) is 0 Å². The van der Waals surface area contributed by atoms with E-state index in [1.165, 1.54) is 21.9 Å². The van der Waals surface area contributed by atoms with E-state index >= 15 is 0 Å². The highest BCUT2D eigenvalue weighted by atomic mass is 15.0. The SMILES string of the molecule is [B]N(c1ccc(-c2ccccc2)cc1)c1ccc2ccccc2c1. The maximum atomic E-state index is 6.33. The molecule has 0 aliphatic rings. The smallest absolute Gasteiger partial charge is 0.234 e. The van der Waals surface area contributed by atoms with Crippen LogP contribution in [0.2, 0.25) is 0 Å². The summed E-state index contributed by atoms with van der Waals surface area (Å²) in [4.78, 5) is 1.72. The summed E-state index contributed by atoms with van der Waals surface area (Å²) in [5.41, 5.74) is 4.33. The Balaban J connectivity index is 1.64. The van der Waals surface area contributed by atoms with E-state index in [0.717, 1.165) is 11.4 Å². The molecule has 0 aromatic heterocycles. The summed E-state index contributed by atoms with van der Waals surface area (Å²) in [6.45, 7) is 0. The first-order valence-corrected chi connectivity index (χ1v) is 8.00. The van der Waals surface area contributed by atoms with Crippen molar-refractivity contribution in [1.29, 1.82) is 0 Å². The van der Waals surface area contributed by atoms with Crippen LogP contribution in [0.15, 0.2) is 97.1 Å². The molecule has 4 rings (SSSR count). The molecule has 1 nitrogen and oxygen atoms in total. The van der Waals surface area contributed by atoms with E-state index in [4.69, 9.17) is 7.98 Å². The van der Waals surface area contributed by atoms with Gasteiger partial charge in [0.1, 0.15) is 0 Å². The molecular formula is C22H16BN. The third kappa shape index (κ3) is 2.79. The van der Waals surface area contributed by atoms with Gasteiger partial charge < -0.3 is 4.81 Å². The highest BCUT2D eigenvalue weighted by Crippen LogP contribution is 2.28. The predicted molar refractivity (Wildman–Crippen MR) is 104 cm³/mol. The Morgan fingerprint density at radius 2 is 1.08 bits per heavy atom. The molecule has 4 aromatic rings. The maximum absolute atomic E-state index is 6.33. The van der Waals surface area contributed by atoms with E-state index < -0.39 is 0 Å². The summed E-state index contributed by atoms with van der Waals surface area (Å²) in [5, 5.41) is 2.40. The topological polar surface area (TPSA) is 3.24 Å². The van der Waals surface area contributed by atoms with Crippen LogP contribution >= 0.6 is 0 Å². The first kappa shape index (κ1) is 14.6. The average molecular weight is 305 g/mol. The standard InChI is InChI=1S/C22H16BN/c23-24(22-15-12-18-8-4-5-9-20(18)16-22)21-13-10-19(11-14-21)17-6-2-1-3-7-17/h1-16H. The fourth-order valence-corrected chi connectivity index (χ4v) is 2.92. The third-order valence-corrected chi connectivity index (χ3v) is 4.26. The van der Waals surface area contributed by atoms with Crippen LogP contribution in [0.1, 0.15) is 0 Å². The van der Waals surface area contributed by atoms with Gasteiger partial charge in [0.25, 0.3) is 0 Å². The first-order chi connectivity index (χ1) is 11.8. The van der Waals surface area contributed by atoms with Crippen LogP contribution in [-0.2, 0) is 0 Å². The Morgan fingerprint density at radius 1 is 0.500 bits per heavy atom. The third-order valence-electron chi connectivity index (χ3n) is 4.26. The van der Waals surface area contributed by atoms with E-state index in [0.29, 0.717) is 0 Å². The summed E-state index contributed by atoms with van der Waals surface area (Å²) in [5.74, 6) is 0. The largest absolute Gasteiger partial charge is 0.398 e. The summed E-state index contributed by atoms with van der Waals surface area (Å²) in [6, 6.07) is 33.2. The second-order valence-corrected chi connectivity index (χ2v) is 5.81. The van der Waals surface area contributed by atoms with Crippen LogP contribution in [0.25, 0.3) is 21.9 Å². The van der Waals surface area contributed by atoms with Crippen molar-refractivity contribution in [3.63, 3.8) is 0 Å². The Kier molecular flexibility index (Phi) is 3.80.